The van der Waals surface area contributed by atoms with Gasteiger partial charge in [0.25, 0.3) is 0 Å². The van der Waals surface area contributed by atoms with Gasteiger partial charge in [-0.1, -0.05) is 17.7 Å². The molecule has 1 fully saturated rings. The Kier molecular flexibility index (Phi) is 3.45. The smallest absolute Gasteiger partial charge is 0.152 e. The molecular formula is C14H16ClN3O2S. The highest BCUT2D eigenvalue weighted by Crippen LogP contribution is 2.30. The SMILES string of the molecule is Cc1cc(-c2cc(N)n(C3CCS(=O)(=O)C3)n2)ccc1Cl. The summed E-state index contributed by atoms with van der Waals surface area (Å²) in [5.74, 6) is 0.796. The second-order valence-corrected chi connectivity index (χ2v) is 8.06. The lowest BCUT2D eigenvalue weighted by molar-refractivity contribution is 0.508. The largest absolute Gasteiger partial charge is 0.384 e. The average molecular weight is 326 g/mol. The molecule has 0 spiro atoms. The number of hydrogen-bond donors (Lipinski definition) is 1. The van der Waals surface area contributed by atoms with E-state index in [1.807, 2.05) is 25.1 Å². The molecule has 0 saturated carbocycles. The minimum atomic E-state index is -2.96. The fraction of sp³-hybridized carbons (Fsp3) is 0.357. The molecule has 2 heterocycles. The van der Waals surface area contributed by atoms with E-state index >= 15 is 0 Å². The summed E-state index contributed by atoms with van der Waals surface area (Å²) in [6, 6.07) is 7.25. The lowest BCUT2D eigenvalue weighted by Crippen LogP contribution is -2.14. The summed E-state index contributed by atoms with van der Waals surface area (Å²) in [7, 11) is -2.96. The number of nitrogen functional groups attached to an aromatic ring is 1. The number of halogens is 1. The van der Waals surface area contributed by atoms with E-state index in [0.29, 0.717) is 17.3 Å². The molecule has 1 atom stereocenters. The Morgan fingerprint density at radius 1 is 1.38 bits per heavy atom. The van der Waals surface area contributed by atoms with E-state index in [-0.39, 0.29) is 17.5 Å². The molecule has 1 saturated heterocycles. The Bertz CT molecular complexity index is 799. The first kappa shape index (κ1) is 14.4. The summed E-state index contributed by atoms with van der Waals surface area (Å²) in [6.45, 7) is 1.93. The van der Waals surface area contributed by atoms with E-state index in [1.54, 1.807) is 10.7 Å². The van der Waals surface area contributed by atoms with Gasteiger partial charge in [-0.3, -0.25) is 0 Å². The third kappa shape index (κ3) is 2.78. The van der Waals surface area contributed by atoms with Gasteiger partial charge in [-0.05, 0) is 31.0 Å². The fourth-order valence-electron chi connectivity index (χ4n) is 2.61. The Morgan fingerprint density at radius 2 is 2.14 bits per heavy atom. The molecule has 3 rings (SSSR count). The lowest BCUT2D eigenvalue weighted by Gasteiger charge is -2.10. The van der Waals surface area contributed by atoms with Crippen molar-refractivity contribution in [3.63, 3.8) is 0 Å². The van der Waals surface area contributed by atoms with Gasteiger partial charge in [-0.2, -0.15) is 5.10 Å². The van der Waals surface area contributed by atoms with Crippen molar-refractivity contribution in [3.05, 3.63) is 34.9 Å². The van der Waals surface area contributed by atoms with E-state index in [2.05, 4.69) is 5.10 Å². The number of hydrogen-bond acceptors (Lipinski definition) is 4. The normalized spacial score (nSPS) is 20.8. The lowest BCUT2D eigenvalue weighted by atomic mass is 10.1. The van der Waals surface area contributed by atoms with Crippen LogP contribution in [0.1, 0.15) is 18.0 Å². The summed E-state index contributed by atoms with van der Waals surface area (Å²) >= 11 is 6.02. The zero-order valence-corrected chi connectivity index (χ0v) is 13.2. The van der Waals surface area contributed by atoms with Crippen LogP contribution >= 0.6 is 11.6 Å². The van der Waals surface area contributed by atoms with Crippen molar-refractivity contribution in [3.8, 4) is 11.3 Å². The van der Waals surface area contributed by atoms with Crippen molar-refractivity contribution >= 4 is 27.3 Å². The predicted molar refractivity (Wildman–Crippen MR) is 84.1 cm³/mol. The summed E-state index contributed by atoms with van der Waals surface area (Å²) in [5, 5.41) is 5.18. The molecule has 0 aliphatic carbocycles. The zero-order chi connectivity index (χ0) is 15.2. The monoisotopic (exact) mass is 325 g/mol. The Hall–Kier alpha value is -1.53. The first-order chi connectivity index (χ1) is 9.85. The summed E-state index contributed by atoms with van der Waals surface area (Å²) in [6.07, 6.45) is 0.563. The number of aromatic nitrogens is 2. The number of nitrogens with zero attached hydrogens (tertiary/aromatic N) is 2. The first-order valence-electron chi connectivity index (χ1n) is 6.68. The number of nitrogens with two attached hydrogens (primary N) is 1. The van der Waals surface area contributed by atoms with Crippen molar-refractivity contribution in [1.29, 1.82) is 0 Å². The van der Waals surface area contributed by atoms with E-state index in [1.165, 1.54) is 0 Å². The van der Waals surface area contributed by atoms with Crippen LogP contribution in [0.5, 0.6) is 0 Å². The van der Waals surface area contributed by atoms with E-state index in [9.17, 15) is 8.42 Å². The molecule has 7 heteroatoms. The molecule has 1 aromatic heterocycles. The van der Waals surface area contributed by atoms with Gasteiger partial charge in [0, 0.05) is 16.7 Å². The molecule has 5 nitrogen and oxygen atoms in total. The number of rotatable bonds is 2. The molecule has 0 bridgehead atoms. The Morgan fingerprint density at radius 3 is 2.76 bits per heavy atom. The van der Waals surface area contributed by atoms with Gasteiger partial charge in [-0.15, -0.1) is 0 Å². The quantitative estimate of drug-likeness (QED) is 0.920. The number of anilines is 1. The van der Waals surface area contributed by atoms with E-state index in [0.717, 1.165) is 16.8 Å². The summed E-state index contributed by atoms with van der Waals surface area (Å²) in [5.41, 5.74) is 8.61. The van der Waals surface area contributed by atoms with Crippen LogP contribution in [0.4, 0.5) is 5.82 Å². The topological polar surface area (TPSA) is 78.0 Å². The highest BCUT2D eigenvalue weighted by molar-refractivity contribution is 7.91. The zero-order valence-electron chi connectivity index (χ0n) is 11.6. The third-order valence-corrected chi connectivity index (χ3v) is 5.95. The minimum Gasteiger partial charge on any atom is -0.384 e. The summed E-state index contributed by atoms with van der Waals surface area (Å²) < 4.78 is 24.8. The van der Waals surface area contributed by atoms with Gasteiger partial charge in [0.1, 0.15) is 5.82 Å². The maximum atomic E-state index is 11.6. The van der Waals surface area contributed by atoms with Crippen molar-refractivity contribution in [1.82, 2.24) is 9.78 Å². The second kappa shape index (κ2) is 5.03. The van der Waals surface area contributed by atoms with Crippen LogP contribution < -0.4 is 5.73 Å². The van der Waals surface area contributed by atoms with Crippen LogP contribution in [-0.4, -0.2) is 29.7 Å². The van der Waals surface area contributed by atoms with Gasteiger partial charge in [0.05, 0.1) is 23.2 Å². The van der Waals surface area contributed by atoms with Crippen LogP contribution in [0.2, 0.25) is 5.02 Å². The van der Waals surface area contributed by atoms with Crippen molar-refractivity contribution in [2.24, 2.45) is 0 Å². The standard InChI is InChI=1S/C14H16ClN3O2S/c1-9-6-10(2-3-12(9)15)13-7-14(16)18(17-13)11-4-5-21(19,20)8-11/h2-3,6-7,11H,4-5,8,16H2,1H3. The average Bonchev–Trinajstić information content (AvgIpc) is 2.95. The van der Waals surface area contributed by atoms with Gasteiger partial charge in [0.2, 0.25) is 0 Å². The van der Waals surface area contributed by atoms with Crippen LogP contribution in [-0.2, 0) is 9.84 Å². The molecule has 1 aliphatic heterocycles. The third-order valence-electron chi connectivity index (χ3n) is 3.77. The maximum absolute atomic E-state index is 11.6. The number of sulfone groups is 1. The molecule has 0 radical (unpaired) electrons. The van der Waals surface area contributed by atoms with Crippen LogP contribution in [0.3, 0.4) is 0 Å². The van der Waals surface area contributed by atoms with Crippen LogP contribution in [0.25, 0.3) is 11.3 Å². The molecule has 2 aromatic rings. The molecular weight excluding hydrogens is 310 g/mol. The van der Waals surface area contributed by atoms with Gasteiger partial charge in [-0.25, -0.2) is 13.1 Å². The van der Waals surface area contributed by atoms with E-state index in [4.69, 9.17) is 17.3 Å². The predicted octanol–water partition coefficient (Wildman–Crippen LogP) is 2.45. The first-order valence-corrected chi connectivity index (χ1v) is 8.87. The Labute approximate surface area is 128 Å². The molecule has 21 heavy (non-hydrogen) atoms. The minimum absolute atomic E-state index is 0.109. The van der Waals surface area contributed by atoms with Gasteiger partial charge in [0.15, 0.2) is 9.84 Å². The highest BCUT2D eigenvalue weighted by Gasteiger charge is 2.31. The molecule has 1 aromatic carbocycles. The Balaban J connectivity index is 1.96. The van der Waals surface area contributed by atoms with Gasteiger partial charge < -0.3 is 5.73 Å². The molecule has 1 aliphatic rings. The molecule has 0 amide bonds. The van der Waals surface area contributed by atoms with Gasteiger partial charge >= 0.3 is 0 Å². The number of aryl methyl sites for hydroxylation is 1. The molecule has 112 valence electrons. The fourth-order valence-corrected chi connectivity index (χ4v) is 4.42. The van der Waals surface area contributed by atoms with Crippen LogP contribution in [0.15, 0.2) is 24.3 Å². The van der Waals surface area contributed by atoms with Crippen LogP contribution in [0, 0.1) is 6.92 Å². The summed E-state index contributed by atoms with van der Waals surface area (Å²) in [4.78, 5) is 0. The molecule has 1 unspecified atom stereocenters. The second-order valence-electron chi connectivity index (χ2n) is 5.42. The maximum Gasteiger partial charge on any atom is 0.152 e. The number of benzene rings is 1. The van der Waals surface area contributed by atoms with E-state index < -0.39 is 9.84 Å². The van der Waals surface area contributed by atoms with Crippen molar-refractivity contribution < 1.29 is 8.42 Å². The van der Waals surface area contributed by atoms with Crippen molar-refractivity contribution in [2.45, 2.75) is 19.4 Å². The van der Waals surface area contributed by atoms with Crippen molar-refractivity contribution in [2.75, 3.05) is 17.2 Å². The highest BCUT2D eigenvalue weighted by atomic mass is 35.5. The molecule has 2 N–H and O–H groups in total.